The summed E-state index contributed by atoms with van der Waals surface area (Å²) in [6.45, 7) is 4.20. The molecule has 2 aromatic rings. The normalized spacial score (nSPS) is 27.7. The Bertz CT molecular complexity index is 1210. The number of halogens is 1. The van der Waals surface area contributed by atoms with Crippen molar-refractivity contribution in [3.63, 3.8) is 0 Å². The van der Waals surface area contributed by atoms with Gasteiger partial charge in [0.15, 0.2) is 17.4 Å². The van der Waals surface area contributed by atoms with Crippen LogP contribution in [0.2, 0.25) is 0 Å². The molecule has 0 unspecified atom stereocenters. The van der Waals surface area contributed by atoms with E-state index in [1.165, 1.54) is 11.8 Å². The number of fused-ring (bicyclic) bond motifs is 3. The molecule has 3 fully saturated rings. The molecule has 0 radical (unpaired) electrons. The lowest BCUT2D eigenvalue weighted by Gasteiger charge is -2.42. The predicted octanol–water partition coefficient (Wildman–Crippen LogP) is 2.47. The standard InChI is InChI=1S/C25H31FN6O5S/c1-14-21(30-24(34)35)25(13-37-14)3-6-31(7-4-25)22-17(11-33)29-19(9-28-22)38-18-2-5-27-23-20(18)36-12-16-8-15(26)10-32(16)23/h2,5,9,14-16,21,30,33H,3-4,6-8,10-13H2,1H3,(H,34,35)/t14-,15-,16-,21+/m0/s1. The first-order valence-corrected chi connectivity index (χ1v) is 13.7. The van der Waals surface area contributed by atoms with Crippen molar-refractivity contribution >= 4 is 29.5 Å². The molecule has 0 aromatic carbocycles. The van der Waals surface area contributed by atoms with Crippen LogP contribution >= 0.6 is 11.8 Å². The van der Waals surface area contributed by atoms with Crippen molar-refractivity contribution in [1.82, 2.24) is 20.3 Å². The van der Waals surface area contributed by atoms with Crippen LogP contribution in [0.15, 0.2) is 28.4 Å². The number of nitrogens with one attached hydrogen (secondary N) is 1. The third kappa shape index (κ3) is 4.50. The van der Waals surface area contributed by atoms with Crippen molar-refractivity contribution in [3.05, 3.63) is 24.2 Å². The molecule has 3 N–H and O–H groups in total. The third-order valence-corrected chi connectivity index (χ3v) is 9.12. The highest BCUT2D eigenvalue weighted by atomic mass is 32.2. The summed E-state index contributed by atoms with van der Waals surface area (Å²) in [4.78, 5) is 30.0. The largest absolute Gasteiger partial charge is 0.486 e. The van der Waals surface area contributed by atoms with Crippen molar-refractivity contribution in [2.45, 2.75) is 67.1 Å². The molecule has 4 aliphatic rings. The van der Waals surface area contributed by atoms with Gasteiger partial charge in [0.05, 0.1) is 49.0 Å². The highest BCUT2D eigenvalue weighted by Gasteiger charge is 2.50. The fourth-order valence-electron chi connectivity index (χ4n) is 6.24. The van der Waals surface area contributed by atoms with Gasteiger partial charge in [-0.1, -0.05) is 11.8 Å². The molecule has 0 aliphatic carbocycles. The van der Waals surface area contributed by atoms with Gasteiger partial charge in [0.2, 0.25) is 0 Å². The van der Waals surface area contributed by atoms with E-state index < -0.39 is 12.3 Å². The fourth-order valence-corrected chi connectivity index (χ4v) is 7.09. The Morgan fingerprint density at radius 3 is 2.89 bits per heavy atom. The van der Waals surface area contributed by atoms with Crippen molar-refractivity contribution in [2.24, 2.45) is 5.41 Å². The van der Waals surface area contributed by atoms with Crippen LogP contribution in [0.4, 0.5) is 20.8 Å². The van der Waals surface area contributed by atoms with Crippen LogP contribution in [-0.4, -0.2) is 88.5 Å². The fraction of sp³-hybridized carbons (Fsp3) is 0.600. The first-order chi connectivity index (χ1) is 18.4. The molecule has 38 heavy (non-hydrogen) atoms. The number of carbonyl (C=O) groups is 1. The van der Waals surface area contributed by atoms with Gasteiger partial charge in [0.25, 0.3) is 0 Å². The molecule has 0 saturated carbocycles. The predicted molar refractivity (Wildman–Crippen MR) is 137 cm³/mol. The highest BCUT2D eigenvalue weighted by molar-refractivity contribution is 7.99. The number of aliphatic hydroxyl groups excluding tert-OH is 1. The van der Waals surface area contributed by atoms with E-state index in [1.54, 1.807) is 12.4 Å². The van der Waals surface area contributed by atoms with E-state index in [4.69, 9.17) is 9.47 Å². The van der Waals surface area contributed by atoms with Gasteiger partial charge in [0, 0.05) is 31.1 Å². The molecular formula is C25H31FN6O5S. The quantitative estimate of drug-likeness (QED) is 0.511. The zero-order valence-corrected chi connectivity index (χ0v) is 21.9. The summed E-state index contributed by atoms with van der Waals surface area (Å²) in [6, 6.07) is 1.59. The van der Waals surface area contributed by atoms with Gasteiger partial charge in [0.1, 0.15) is 23.5 Å². The maximum absolute atomic E-state index is 14.0. The van der Waals surface area contributed by atoms with Crippen LogP contribution < -0.4 is 19.9 Å². The molecule has 6 rings (SSSR count). The highest BCUT2D eigenvalue weighted by Crippen LogP contribution is 2.45. The lowest BCUT2D eigenvalue weighted by atomic mass is 9.73. The van der Waals surface area contributed by atoms with Crippen molar-refractivity contribution in [1.29, 1.82) is 0 Å². The summed E-state index contributed by atoms with van der Waals surface area (Å²) in [5.74, 6) is 1.91. The second-order valence-corrected chi connectivity index (χ2v) is 11.5. The minimum absolute atomic E-state index is 0.00296. The summed E-state index contributed by atoms with van der Waals surface area (Å²) < 4.78 is 25.8. The molecule has 204 valence electrons. The number of piperidine rings is 1. The number of hydrogen-bond donors (Lipinski definition) is 3. The van der Waals surface area contributed by atoms with E-state index in [0.717, 1.165) is 17.7 Å². The monoisotopic (exact) mass is 546 g/mol. The maximum Gasteiger partial charge on any atom is 0.404 e. The number of nitrogens with zero attached hydrogens (tertiary/aromatic N) is 5. The smallest absolute Gasteiger partial charge is 0.404 e. The Kier molecular flexibility index (Phi) is 6.68. The molecule has 0 bridgehead atoms. The summed E-state index contributed by atoms with van der Waals surface area (Å²) in [5.41, 5.74) is 0.222. The van der Waals surface area contributed by atoms with Gasteiger partial charge in [-0.25, -0.2) is 24.1 Å². The van der Waals surface area contributed by atoms with Gasteiger partial charge in [-0.05, 0) is 25.8 Å². The molecule has 3 saturated heterocycles. The van der Waals surface area contributed by atoms with Gasteiger partial charge in [-0.15, -0.1) is 0 Å². The molecule has 6 heterocycles. The van der Waals surface area contributed by atoms with E-state index in [2.05, 4.69) is 25.2 Å². The molecule has 11 nitrogen and oxygen atoms in total. The minimum atomic E-state index is -1.04. The van der Waals surface area contributed by atoms with E-state index in [9.17, 15) is 19.4 Å². The summed E-state index contributed by atoms with van der Waals surface area (Å²) in [5, 5.41) is 22.7. The lowest BCUT2D eigenvalue weighted by molar-refractivity contribution is 0.0970. The molecule has 13 heteroatoms. The Morgan fingerprint density at radius 2 is 2.13 bits per heavy atom. The Labute approximate surface area is 223 Å². The van der Waals surface area contributed by atoms with Gasteiger partial charge >= 0.3 is 6.09 Å². The third-order valence-electron chi connectivity index (χ3n) is 8.17. The molecule has 4 aliphatic heterocycles. The van der Waals surface area contributed by atoms with Crippen LogP contribution in [0, 0.1) is 5.41 Å². The van der Waals surface area contributed by atoms with Gasteiger partial charge in [-0.3, -0.25) is 0 Å². The molecule has 4 atom stereocenters. The van der Waals surface area contributed by atoms with Crippen LogP contribution in [0.5, 0.6) is 5.75 Å². The number of hydrogen-bond acceptors (Lipinski definition) is 10. The van der Waals surface area contributed by atoms with E-state index in [1.807, 2.05) is 17.9 Å². The van der Waals surface area contributed by atoms with Crippen molar-refractivity contribution in [3.8, 4) is 5.75 Å². The number of anilines is 2. The summed E-state index contributed by atoms with van der Waals surface area (Å²) >= 11 is 1.37. The Morgan fingerprint density at radius 1 is 1.32 bits per heavy atom. The van der Waals surface area contributed by atoms with Crippen molar-refractivity contribution in [2.75, 3.05) is 42.6 Å². The summed E-state index contributed by atoms with van der Waals surface area (Å²) in [6.07, 6.45) is 3.20. The number of ether oxygens (including phenoxy) is 2. The second-order valence-electron chi connectivity index (χ2n) is 10.4. The topological polar surface area (TPSA) is 133 Å². The van der Waals surface area contributed by atoms with E-state index >= 15 is 0 Å². The minimum Gasteiger partial charge on any atom is -0.486 e. The molecule has 1 spiro atoms. The Hall–Kier alpha value is -2.90. The van der Waals surface area contributed by atoms with Crippen LogP contribution in [0.3, 0.4) is 0 Å². The average molecular weight is 547 g/mol. The number of aliphatic hydroxyl groups is 1. The SMILES string of the molecule is C[C@@H]1OCC2(CCN(c3ncc(Sc4ccnc5c4OC[C@@H]4C[C@H](F)CN54)nc3CO)CC2)[C@@H]1NC(=O)O. The van der Waals surface area contributed by atoms with Crippen LogP contribution in [0.25, 0.3) is 0 Å². The number of pyridine rings is 1. The van der Waals surface area contributed by atoms with Gasteiger partial charge < -0.3 is 34.8 Å². The number of amides is 1. The molecule has 1 amide bonds. The van der Waals surface area contributed by atoms with Crippen LogP contribution in [0.1, 0.15) is 31.9 Å². The second kappa shape index (κ2) is 10.0. The number of aromatic nitrogens is 3. The lowest BCUT2D eigenvalue weighted by Crippen LogP contribution is -2.54. The zero-order chi connectivity index (χ0) is 26.4. The first kappa shape index (κ1) is 25.4. The molecular weight excluding hydrogens is 515 g/mol. The zero-order valence-electron chi connectivity index (χ0n) is 21.0. The average Bonchev–Trinajstić information content (AvgIpc) is 3.44. The number of carboxylic acid groups (broad SMARTS) is 1. The van der Waals surface area contributed by atoms with Crippen LogP contribution in [-0.2, 0) is 11.3 Å². The van der Waals surface area contributed by atoms with E-state index in [-0.39, 0.29) is 30.2 Å². The number of rotatable bonds is 5. The Balaban J connectivity index is 1.18. The van der Waals surface area contributed by atoms with Gasteiger partial charge in [-0.2, -0.15) is 0 Å². The number of alkyl halides is 1. The van der Waals surface area contributed by atoms with Crippen molar-refractivity contribution < 1.29 is 28.9 Å². The van der Waals surface area contributed by atoms with E-state index in [0.29, 0.717) is 67.4 Å². The molecule has 2 aromatic heterocycles. The summed E-state index contributed by atoms with van der Waals surface area (Å²) in [7, 11) is 0. The first-order valence-electron chi connectivity index (χ1n) is 12.9. The maximum atomic E-state index is 14.0.